The average molecular weight is 271 g/mol. The molecule has 2 fully saturated rings. The van der Waals surface area contributed by atoms with E-state index < -0.39 is 0 Å². The van der Waals surface area contributed by atoms with Crippen molar-refractivity contribution >= 4 is 5.69 Å². The number of anilines is 1. The van der Waals surface area contributed by atoms with Crippen molar-refractivity contribution in [2.45, 2.75) is 43.9 Å². The standard InChI is InChI=1S/C15H17N3O2/c1-2-4-10(5-3-1)16-9-14-17-15(18-20-14)12-8-11-6-7-13(12)19-11/h1-5,11-13,16H,6-9H2. The van der Waals surface area contributed by atoms with Gasteiger partial charge in [-0.15, -0.1) is 0 Å². The Hall–Kier alpha value is -1.88. The van der Waals surface area contributed by atoms with Crippen LogP contribution in [0.5, 0.6) is 0 Å². The molecule has 0 saturated carbocycles. The van der Waals surface area contributed by atoms with E-state index >= 15 is 0 Å². The summed E-state index contributed by atoms with van der Waals surface area (Å²) in [5, 5.41) is 7.39. The van der Waals surface area contributed by atoms with Gasteiger partial charge in [-0.2, -0.15) is 4.98 Å². The highest BCUT2D eigenvalue weighted by molar-refractivity contribution is 5.42. The molecule has 0 radical (unpaired) electrons. The van der Waals surface area contributed by atoms with Crippen LogP contribution in [0.3, 0.4) is 0 Å². The normalized spacial score (nSPS) is 27.9. The van der Waals surface area contributed by atoms with E-state index in [1.165, 1.54) is 6.42 Å². The number of nitrogens with one attached hydrogen (secondary N) is 1. The van der Waals surface area contributed by atoms with E-state index in [4.69, 9.17) is 9.26 Å². The Morgan fingerprint density at radius 2 is 2.10 bits per heavy atom. The predicted octanol–water partition coefficient (Wildman–Crippen LogP) is 2.72. The van der Waals surface area contributed by atoms with Gasteiger partial charge in [0.1, 0.15) is 0 Å². The van der Waals surface area contributed by atoms with Gasteiger partial charge in [0.15, 0.2) is 5.82 Å². The van der Waals surface area contributed by atoms with Crippen LogP contribution >= 0.6 is 0 Å². The van der Waals surface area contributed by atoms with Crippen molar-refractivity contribution in [1.29, 1.82) is 0 Å². The number of aromatic nitrogens is 2. The molecule has 104 valence electrons. The van der Waals surface area contributed by atoms with Gasteiger partial charge in [-0.3, -0.25) is 0 Å². The molecule has 5 nitrogen and oxygen atoms in total. The molecular formula is C15H17N3O2. The summed E-state index contributed by atoms with van der Waals surface area (Å²) in [6, 6.07) is 10.0. The van der Waals surface area contributed by atoms with Gasteiger partial charge in [-0.05, 0) is 31.4 Å². The van der Waals surface area contributed by atoms with Crippen LogP contribution in [0, 0.1) is 0 Å². The van der Waals surface area contributed by atoms with E-state index in [0.717, 1.165) is 24.4 Å². The monoisotopic (exact) mass is 271 g/mol. The quantitative estimate of drug-likeness (QED) is 0.926. The van der Waals surface area contributed by atoms with Crippen LogP contribution in [0.4, 0.5) is 5.69 Å². The molecule has 3 unspecified atom stereocenters. The van der Waals surface area contributed by atoms with Crippen molar-refractivity contribution in [1.82, 2.24) is 10.1 Å². The average Bonchev–Trinajstić information content (AvgIpc) is 3.22. The number of hydrogen-bond donors (Lipinski definition) is 1. The maximum absolute atomic E-state index is 5.84. The molecule has 1 aromatic carbocycles. The summed E-state index contributed by atoms with van der Waals surface area (Å²) in [5.74, 6) is 1.76. The zero-order chi connectivity index (χ0) is 13.4. The van der Waals surface area contributed by atoms with Gasteiger partial charge in [0.25, 0.3) is 0 Å². The fourth-order valence-corrected chi connectivity index (χ4v) is 3.13. The molecule has 2 aliphatic heterocycles. The number of nitrogens with zero attached hydrogens (tertiary/aromatic N) is 2. The molecule has 0 amide bonds. The number of ether oxygens (including phenoxy) is 1. The summed E-state index contributed by atoms with van der Waals surface area (Å²) in [4.78, 5) is 4.51. The zero-order valence-electron chi connectivity index (χ0n) is 11.2. The highest BCUT2D eigenvalue weighted by Crippen LogP contribution is 2.43. The topological polar surface area (TPSA) is 60.2 Å². The lowest BCUT2D eigenvalue weighted by atomic mass is 9.89. The van der Waals surface area contributed by atoms with E-state index in [2.05, 4.69) is 15.5 Å². The molecule has 2 aliphatic rings. The second-order valence-electron chi connectivity index (χ2n) is 5.48. The van der Waals surface area contributed by atoms with Crippen LogP contribution in [0.15, 0.2) is 34.9 Å². The fourth-order valence-electron chi connectivity index (χ4n) is 3.13. The Morgan fingerprint density at radius 1 is 1.20 bits per heavy atom. The Kier molecular flexibility index (Phi) is 2.92. The maximum Gasteiger partial charge on any atom is 0.245 e. The van der Waals surface area contributed by atoms with Gasteiger partial charge < -0.3 is 14.6 Å². The highest BCUT2D eigenvalue weighted by atomic mass is 16.5. The van der Waals surface area contributed by atoms with Crippen LogP contribution in [-0.4, -0.2) is 22.3 Å². The van der Waals surface area contributed by atoms with Crippen molar-refractivity contribution in [2.75, 3.05) is 5.32 Å². The van der Waals surface area contributed by atoms with Crippen LogP contribution in [0.25, 0.3) is 0 Å². The number of benzene rings is 1. The molecular weight excluding hydrogens is 254 g/mol. The van der Waals surface area contributed by atoms with Crippen LogP contribution in [0.1, 0.15) is 36.9 Å². The molecule has 4 rings (SSSR count). The second-order valence-corrected chi connectivity index (χ2v) is 5.48. The molecule has 1 aromatic heterocycles. The van der Waals surface area contributed by atoms with E-state index in [0.29, 0.717) is 30.6 Å². The molecule has 2 aromatic rings. The van der Waals surface area contributed by atoms with Crippen molar-refractivity contribution in [2.24, 2.45) is 0 Å². The Bertz CT molecular complexity index is 584. The Labute approximate surface area is 117 Å². The third kappa shape index (κ3) is 2.18. The van der Waals surface area contributed by atoms with Crippen molar-refractivity contribution in [3.8, 4) is 0 Å². The Balaban J connectivity index is 1.41. The first-order chi connectivity index (χ1) is 9.88. The first-order valence-corrected chi connectivity index (χ1v) is 7.15. The highest BCUT2D eigenvalue weighted by Gasteiger charge is 2.43. The second kappa shape index (κ2) is 4.90. The number of rotatable bonds is 4. The molecule has 0 spiro atoms. The Morgan fingerprint density at radius 3 is 2.85 bits per heavy atom. The molecule has 2 bridgehead atoms. The van der Waals surface area contributed by atoms with Gasteiger partial charge in [0.2, 0.25) is 5.89 Å². The van der Waals surface area contributed by atoms with E-state index in [-0.39, 0.29) is 0 Å². The minimum atomic E-state index is 0.299. The van der Waals surface area contributed by atoms with Gasteiger partial charge in [0, 0.05) is 5.69 Å². The predicted molar refractivity (Wildman–Crippen MR) is 73.3 cm³/mol. The molecule has 2 saturated heterocycles. The lowest BCUT2D eigenvalue weighted by Gasteiger charge is -2.13. The summed E-state index contributed by atoms with van der Waals surface area (Å²) in [5.41, 5.74) is 1.05. The first kappa shape index (κ1) is 11.9. The summed E-state index contributed by atoms with van der Waals surface area (Å²) < 4.78 is 11.2. The van der Waals surface area contributed by atoms with Crippen molar-refractivity contribution in [3.05, 3.63) is 42.0 Å². The lowest BCUT2D eigenvalue weighted by Crippen LogP contribution is -2.15. The fraction of sp³-hybridized carbons (Fsp3) is 0.467. The summed E-state index contributed by atoms with van der Waals surface area (Å²) >= 11 is 0. The summed E-state index contributed by atoms with van der Waals surface area (Å²) in [6.45, 7) is 0.554. The summed E-state index contributed by atoms with van der Waals surface area (Å²) in [6.07, 6.45) is 4.06. The van der Waals surface area contributed by atoms with Gasteiger partial charge >= 0.3 is 0 Å². The van der Waals surface area contributed by atoms with Crippen molar-refractivity contribution in [3.63, 3.8) is 0 Å². The largest absolute Gasteiger partial charge is 0.376 e. The third-order valence-corrected chi connectivity index (χ3v) is 4.14. The minimum absolute atomic E-state index is 0.299. The van der Waals surface area contributed by atoms with E-state index in [1.807, 2.05) is 30.3 Å². The SMILES string of the molecule is c1ccc(NCc2nc(C3CC4CCC3O4)no2)cc1. The molecule has 1 N–H and O–H groups in total. The van der Waals surface area contributed by atoms with E-state index in [1.54, 1.807) is 0 Å². The molecule has 3 atom stereocenters. The third-order valence-electron chi connectivity index (χ3n) is 4.14. The smallest absolute Gasteiger partial charge is 0.245 e. The van der Waals surface area contributed by atoms with Crippen LogP contribution in [0.2, 0.25) is 0 Å². The number of para-hydroxylation sites is 1. The lowest BCUT2D eigenvalue weighted by molar-refractivity contribution is 0.0996. The van der Waals surface area contributed by atoms with E-state index in [9.17, 15) is 0 Å². The maximum atomic E-state index is 5.84. The van der Waals surface area contributed by atoms with Crippen LogP contribution in [-0.2, 0) is 11.3 Å². The molecule has 20 heavy (non-hydrogen) atoms. The minimum Gasteiger partial charge on any atom is -0.376 e. The van der Waals surface area contributed by atoms with Gasteiger partial charge in [0.05, 0.1) is 24.7 Å². The van der Waals surface area contributed by atoms with Gasteiger partial charge in [-0.25, -0.2) is 0 Å². The molecule has 0 aliphatic carbocycles. The molecule has 5 heteroatoms. The first-order valence-electron chi connectivity index (χ1n) is 7.15. The van der Waals surface area contributed by atoms with Gasteiger partial charge in [-0.1, -0.05) is 23.4 Å². The van der Waals surface area contributed by atoms with Crippen LogP contribution < -0.4 is 5.32 Å². The number of hydrogen-bond acceptors (Lipinski definition) is 5. The number of fused-ring (bicyclic) bond motifs is 2. The molecule has 3 heterocycles. The summed E-state index contributed by atoms with van der Waals surface area (Å²) in [7, 11) is 0. The zero-order valence-corrected chi connectivity index (χ0v) is 11.2. The van der Waals surface area contributed by atoms with Crippen molar-refractivity contribution < 1.29 is 9.26 Å².